The molecule has 35 heavy (non-hydrogen) atoms. The summed E-state index contributed by atoms with van der Waals surface area (Å²) in [4.78, 5) is 0. The molecule has 0 amide bonds. The molecular formula is C30H57O4P. The predicted octanol–water partition coefficient (Wildman–Crippen LogP) is 10.8. The SMILES string of the molecule is O=P(OC1CCCCCCCCC1)(OC1CCCCCCCCC1)OC1CCCCCCCCC1. The fraction of sp³-hybridized carbons (Fsp3) is 1.00. The minimum atomic E-state index is -3.60. The van der Waals surface area contributed by atoms with Crippen LogP contribution in [-0.4, -0.2) is 18.3 Å². The van der Waals surface area contributed by atoms with Gasteiger partial charge in [0.1, 0.15) is 0 Å². The Morgan fingerprint density at radius 3 is 0.686 bits per heavy atom. The lowest BCUT2D eigenvalue weighted by atomic mass is 9.99. The summed E-state index contributed by atoms with van der Waals surface area (Å²) in [6, 6.07) is 0. The fourth-order valence-corrected chi connectivity index (χ4v) is 8.13. The van der Waals surface area contributed by atoms with E-state index < -0.39 is 7.82 Å². The first-order valence-electron chi connectivity index (χ1n) is 15.9. The van der Waals surface area contributed by atoms with Gasteiger partial charge in [0, 0.05) is 0 Å². The molecule has 3 aliphatic carbocycles. The van der Waals surface area contributed by atoms with Crippen LogP contribution in [0.15, 0.2) is 0 Å². The predicted molar refractivity (Wildman–Crippen MR) is 147 cm³/mol. The average Bonchev–Trinajstić information content (AvgIpc) is 2.86. The maximum absolute atomic E-state index is 14.4. The third-order valence-corrected chi connectivity index (χ3v) is 10.2. The smallest absolute Gasteiger partial charge is 0.284 e. The Kier molecular flexibility index (Phi) is 15.6. The van der Waals surface area contributed by atoms with Gasteiger partial charge in [-0.05, 0) is 38.5 Å². The number of phosphoric ester groups is 1. The van der Waals surface area contributed by atoms with Crippen molar-refractivity contribution >= 4 is 7.82 Å². The molecule has 4 nitrogen and oxygen atoms in total. The summed E-state index contributed by atoms with van der Waals surface area (Å²) in [5.41, 5.74) is 0. The Morgan fingerprint density at radius 2 is 0.486 bits per heavy atom. The van der Waals surface area contributed by atoms with Crippen molar-refractivity contribution < 1.29 is 18.1 Å². The molecule has 3 aliphatic rings. The first kappa shape index (κ1) is 29.7. The monoisotopic (exact) mass is 512 g/mol. The fourth-order valence-electron chi connectivity index (χ4n) is 6.26. The van der Waals surface area contributed by atoms with Gasteiger partial charge < -0.3 is 0 Å². The summed E-state index contributed by atoms with van der Waals surface area (Å²) >= 11 is 0. The largest absolute Gasteiger partial charge is 0.475 e. The van der Waals surface area contributed by atoms with Crippen molar-refractivity contribution in [2.24, 2.45) is 0 Å². The standard InChI is InChI=1S/C30H57O4P/c31-35(32-28-22-16-10-4-1-5-11-17-23-28,33-29-24-18-12-6-2-7-13-19-25-29)34-30-26-20-14-8-3-9-15-21-27-30/h28-30H,1-27H2. The zero-order valence-corrected chi connectivity index (χ0v) is 23.8. The van der Waals surface area contributed by atoms with Gasteiger partial charge in [-0.1, -0.05) is 135 Å². The third kappa shape index (κ3) is 13.5. The van der Waals surface area contributed by atoms with Crippen LogP contribution in [-0.2, 0) is 18.1 Å². The van der Waals surface area contributed by atoms with Gasteiger partial charge in [-0.15, -0.1) is 0 Å². The van der Waals surface area contributed by atoms with Gasteiger partial charge in [0.15, 0.2) is 0 Å². The van der Waals surface area contributed by atoms with Crippen molar-refractivity contribution in [2.75, 3.05) is 0 Å². The normalized spacial score (nSPS) is 25.6. The highest BCUT2D eigenvalue weighted by Crippen LogP contribution is 2.55. The number of phosphoric acid groups is 1. The van der Waals surface area contributed by atoms with Gasteiger partial charge in [0.25, 0.3) is 0 Å². The molecule has 0 atom stereocenters. The molecule has 0 bridgehead atoms. The Balaban J connectivity index is 1.67. The zero-order chi connectivity index (χ0) is 24.4. The molecule has 3 fully saturated rings. The molecule has 0 aliphatic heterocycles. The molecular weight excluding hydrogens is 455 g/mol. The molecule has 5 heteroatoms. The van der Waals surface area contributed by atoms with E-state index >= 15 is 0 Å². The summed E-state index contributed by atoms with van der Waals surface area (Å²) < 4.78 is 33.9. The van der Waals surface area contributed by atoms with Gasteiger partial charge in [-0.2, -0.15) is 0 Å². The second-order valence-electron chi connectivity index (χ2n) is 11.8. The average molecular weight is 513 g/mol. The van der Waals surface area contributed by atoms with Crippen molar-refractivity contribution in [3.8, 4) is 0 Å². The van der Waals surface area contributed by atoms with Crippen LogP contribution in [0.5, 0.6) is 0 Å². The summed E-state index contributed by atoms with van der Waals surface area (Å²) in [7, 11) is -3.60. The molecule has 3 rings (SSSR count). The van der Waals surface area contributed by atoms with Crippen molar-refractivity contribution in [1.82, 2.24) is 0 Å². The Morgan fingerprint density at radius 1 is 0.314 bits per heavy atom. The van der Waals surface area contributed by atoms with Crippen molar-refractivity contribution in [3.05, 3.63) is 0 Å². The molecule has 0 aromatic heterocycles. The number of rotatable bonds is 6. The Hall–Kier alpha value is 0.110. The van der Waals surface area contributed by atoms with E-state index in [4.69, 9.17) is 13.6 Å². The lowest BCUT2D eigenvalue weighted by Gasteiger charge is -2.31. The summed E-state index contributed by atoms with van der Waals surface area (Å²) in [5, 5.41) is 0. The maximum Gasteiger partial charge on any atom is 0.475 e. The maximum atomic E-state index is 14.4. The minimum absolute atomic E-state index is 0.0120. The Bertz CT molecular complexity index is 462. The van der Waals surface area contributed by atoms with E-state index in [0.29, 0.717) is 0 Å². The van der Waals surface area contributed by atoms with E-state index in [-0.39, 0.29) is 18.3 Å². The molecule has 206 valence electrons. The molecule has 0 aromatic rings. The summed E-state index contributed by atoms with van der Waals surface area (Å²) in [6.07, 6.45) is 32.5. The van der Waals surface area contributed by atoms with Crippen LogP contribution < -0.4 is 0 Å². The van der Waals surface area contributed by atoms with E-state index in [0.717, 1.165) is 77.0 Å². The summed E-state index contributed by atoms with van der Waals surface area (Å²) in [6.45, 7) is 0. The molecule has 0 unspecified atom stereocenters. The summed E-state index contributed by atoms with van der Waals surface area (Å²) in [5.74, 6) is 0. The zero-order valence-electron chi connectivity index (χ0n) is 22.9. The minimum Gasteiger partial charge on any atom is -0.284 e. The van der Waals surface area contributed by atoms with Gasteiger partial charge >= 0.3 is 7.82 Å². The van der Waals surface area contributed by atoms with E-state index in [1.165, 1.54) is 96.3 Å². The highest BCUT2D eigenvalue weighted by molar-refractivity contribution is 7.48. The topological polar surface area (TPSA) is 44.8 Å². The van der Waals surface area contributed by atoms with Crippen molar-refractivity contribution in [3.63, 3.8) is 0 Å². The number of hydrogen-bond acceptors (Lipinski definition) is 4. The highest BCUT2D eigenvalue weighted by atomic mass is 31.2. The molecule has 0 spiro atoms. The van der Waals surface area contributed by atoms with E-state index in [9.17, 15) is 4.57 Å². The van der Waals surface area contributed by atoms with Crippen LogP contribution in [0.25, 0.3) is 0 Å². The van der Waals surface area contributed by atoms with Gasteiger partial charge in [0.05, 0.1) is 18.3 Å². The van der Waals surface area contributed by atoms with Crippen LogP contribution in [0.1, 0.15) is 173 Å². The van der Waals surface area contributed by atoms with Crippen LogP contribution in [0, 0.1) is 0 Å². The lowest BCUT2D eigenvalue weighted by Crippen LogP contribution is -2.22. The second kappa shape index (κ2) is 18.4. The Labute approximate surface area is 217 Å². The van der Waals surface area contributed by atoms with Crippen molar-refractivity contribution in [1.29, 1.82) is 0 Å². The quantitative estimate of drug-likeness (QED) is 0.332. The van der Waals surface area contributed by atoms with E-state index in [1.807, 2.05) is 0 Å². The van der Waals surface area contributed by atoms with Gasteiger partial charge in [-0.3, -0.25) is 13.6 Å². The molecule has 0 radical (unpaired) electrons. The van der Waals surface area contributed by atoms with E-state index in [1.54, 1.807) is 0 Å². The van der Waals surface area contributed by atoms with Crippen LogP contribution >= 0.6 is 7.82 Å². The molecule has 0 aromatic carbocycles. The van der Waals surface area contributed by atoms with Gasteiger partial charge in [0.2, 0.25) is 0 Å². The first-order chi connectivity index (χ1) is 17.2. The number of hydrogen-bond donors (Lipinski definition) is 0. The molecule has 3 saturated carbocycles. The molecule has 0 heterocycles. The van der Waals surface area contributed by atoms with Crippen LogP contribution in [0.3, 0.4) is 0 Å². The highest BCUT2D eigenvalue weighted by Gasteiger charge is 2.36. The lowest BCUT2D eigenvalue weighted by molar-refractivity contribution is 0.0150. The molecule has 0 N–H and O–H groups in total. The van der Waals surface area contributed by atoms with Crippen LogP contribution in [0.4, 0.5) is 0 Å². The van der Waals surface area contributed by atoms with Crippen LogP contribution in [0.2, 0.25) is 0 Å². The second-order valence-corrected chi connectivity index (χ2v) is 13.3. The van der Waals surface area contributed by atoms with Crippen molar-refractivity contribution in [2.45, 2.75) is 192 Å². The van der Waals surface area contributed by atoms with E-state index in [2.05, 4.69) is 0 Å². The third-order valence-electron chi connectivity index (χ3n) is 8.49. The molecule has 0 saturated heterocycles. The van der Waals surface area contributed by atoms with Gasteiger partial charge in [-0.25, -0.2) is 4.57 Å². The first-order valence-corrected chi connectivity index (χ1v) is 17.3.